The number of hydrogen-bond acceptors (Lipinski definition) is 3. The molecule has 2 aromatic carbocycles. The molecule has 1 N–H and O–H groups in total. The first-order valence-electron chi connectivity index (χ1n) is 10.6. The van der Waals surface area contributed by atoms with Gasteiger partial charge in [-0.15, -0.1) is 0 Å². The number of likely N-dealkylation sites (tertiary alicyclic amines) is 1. The van der Waals surface area contributed by atoms with Crippen LogP contribution in [0.15, 0.2) is 48.5 Å². The van der Waals surface area contributed by atoms with E-state index in [0.717, 1.165) is 50.1 Å². The van der Waals surface area contributed by atoms with Crippen LogP contribution in [0.25, 0.3) is 0 Å². The van der Waals surface area contributed by atoms with E-state index < -0.39 is 0 Å². The van der Waals surface area contributed by atoms with Gasteiger partial charge in [-0.3, -0.25) is 9.59 Å². The minimum Gasteiger partial charge on any atom is -0.490 e. The second-order valence-corrected chi connectivity index (χ2v) is 7.93. The van der Waals surface area contributed by atoms with Crippen LogP contribution in [-0.2, 0) is 6.54 Å². The number of benzene rings is 2. The van der Waals surface area contributed by atoms with Crippen molar-refractivity contribution in [1.29, 1.82) is 0 Å². The Bertz CT molecular complexity index is 851. The highest BCUT2D eigenvalue weighted by molar-refractivity contribution is 5.95. The molecule has 1 saturated carbocycles. The quantitative estimate of drug-likeness (QED) is 0.803. The van der Waals surface area contributed by atoms with E-state index in [1.165, 1.54) is 12.8 Å². The summed E-state index contributed by atoms with van der Waals surface area (Å²) in [5.74, 6) is 0.767. The van der Waals surface area contributed by atoms with Crippen LogP contribution in [0.5, 0.6) is 5.75 Å². The Kier molecular flexibility index (Phi) is 6.13. The smallest absolute Gasteiger partial charge is 0.253 e. The highest BCUT2D eigenvalue weighted by Crippen LogP contribution is 2.24. The molecule has 5 nitrogen and oxygen atoms in total. The first-order valence-corrected chi connectivity index (χ1v) is 10.6. The lowest BCUT2D eigenvalue weighted by atomic mass is 10.1. The summed E-state index contributed by atoms with van der Waals surface area (Å²) in [6.07, 6.45) is 7.15. The zero-order chi connectivity index (χ0) is 20.1. The topological polar surface area (TPSA) is 58.6 Å². The van der Waals surface area contributed by atoms with E-state index in [2.05, 4.69) is 5.32 Å². The van der Waals surface area contributed by atoms with Gasteiger partial charge in [0.05, 0.1) is 6.10 Å². The molecule has 1 aliphatic heterocycles. The van der Waals surface area contributed by atoms with Gasteiger partial charge in [0.15, 0.2) is 0 Å². The third kappa shape index (κ3) is 4.97. The van der Waals surface area contributed by atoms with Crippen molar-refractivity contribution in [3.63, 3.8) is 0 Å². The van der Waals surface area contributed by atoms with E-state index >= 15 is 0 Å². The van der Waals surface area contributed by atoms with Crippen molar-refractivity contribution in [2.24, 2.45) is 0 Å². The van der Waals surface area contributed by atoms with E-state index in [9.17, 15) is 9.59 Å². The molecule has 0 unspecified atom stereocenters. The third-order valence-corrected chi connectivity index (χ3v) is 5.74. The zero-order valence-corrected chi connectivity index (χ0v) is 16.7. The molecule has 1 saturated heterocycles. The monoisotopic (exact) mass is 392 g/mol. The van der Waals surface area contributed by atoms with Crippen molar-refractivity contribution in [3.05, 3.63) is 65.2 Å². The van der Waals surface area contributed by atoms with Crippen molar-refractivity contribution in [2.45, 2.75) is 51.2 Å². The van der Waals surface area contributed by atoms with Gasteiger partial charge < -0.3 is 15.0 Å². The van der Waals surface area contributed by atoms with Crippen molar-refractivity contribution in [1.82, 2.24) is 10.2 Å². The highest BCUT2D eigenvalue weighted by atomic mass is 16.5. The Hall–Kier alpha value is -2.82. The first kappa shape index (κ1) is 19.5. The summed E-state index contributed by atoms with van der Waals surface area (Å²) in [5.41, 5.74) is 2.21. The van der Waals surface area contributed by atoms with Gasteiger partial charge in [0.1, 0.15) is 5.75 Å². The summed E-state index contributed by atoms with van der Waals surface area (Å²) in [7, 11) is 0. The fraction of sp³-hybridized carbons (Fsp3) is 0.417. The summed E-state index contributed by atoms with van der Waals surface area (Å²) in [6, 6.07) is 14.8. The molecule has 0 bridgehead atoms. The van der Waals surface area contributed by atoms with Crippen LogP contribution >= 0.6 is 0 Å². The lowest BCUT2D eigenvalue weighted by Gasteiger charge is -2.16. The number of carbonyl (C=O) groups excluding carboxylic acids is 2. The molecule has 2 fully saturated rings. The fourth-order valence-corrected chi connectivity index (χ4v) is 4.09. The highest BCUT2D eigenvalue weighted by Gasteiger charge is 2.19. The predicted octanol–water partition coefficient (Wildman–Crippen LogP) is 4.17. The van der Waals surface area contributed by atoms with Gasteiger partial charge in [0, 0.05) is 30.8 Å². The molecule has 4 rings (SSSR count). The first-order chi connectivity index (χ1) is 14.2. The van der Waals surface area contributed by atoms with E-state index in [1.807, 2.05) is 41.3 Å². The van der Waals surface area contributed by atoms with Crippen molar-refractivity contribution in [3.8, 4) is 5.75 Å². The van der Waals surface area contributed by atoms with Gasteiger partial charge in [0.2, 0.25) is 0 Å². The van der Waals surface area contributed by atoms with Crippen LogP contribution in [0.4, 0.5) is 0 Å². The Labute approximate surface area is 172 Å². The van der Waals surface area contributed by atoms with Crippen LogP contribution in [0, 0.1) is 0 Å². The van der Waals surface area contributed by atoms with Crippen LogP contribution in [-0.4, -0.2) is 35.9 Å². The van der Waals surface area contributed by atoms with E-state index in [4.69, 9.17) is 4.74 Å². The minimum absolute atomic E-state index is 0.0773. The van der Waals surface area contributed by atoms with Crippen molar-refractivity contribution >= 4 is 11.8 Å². The SMILES string of the molecule is O=C(NCc1cccc(C(=O)N2CCCC2)c1)c1ccc(OC2CCCC2)cc1. The lowest BCUT2D eigenvalue weighted by Crippen LogP contribution is -2.28. The molecule has 152 valence electrons. The average molecular weight is 392 g/mol. The molecule has 1 aliphatic carbocycles. The molecule has 0 radical (unpaired) electrons. The lowest BCUT2D eigenvalue weighted by molar-refractivity contribution is 0.0792. The van der Waals surface area contributed by atoms with Crippen LogP contribution < -0.4 is 10.1 Å². The van der Waals surface area contributed by atoms with Crippen molar-refractivity contribution in [2.75, 3.05) is 13.1 Å². The predicted molar refractivity (Wildman–Crippen MR) is 112 cm³/mol. The maximum atomic E-state index is 12.5. The summed E-state index contributed by atoms with van der Waals surface area (Å²) >= 11 is 0. The second-order valence-electron chi connectivity index (χ2n) is 7.93. The van der Waals surface area contributed by atoms with Gasteiger partial charge in [-0.1, -0.05) is 12.1 Å². The molecule has 0 spiro atoms. The average Bonchev–Trinajstić information content (AvgIpc) is 3.47. The minimum atomic E-state index is -0.131. The fourth-order valence-electron chi connectivity index (χ4n) is 4.09. The van der Waals surface area contributed by atoms with Gasteiger partial charge in [-0.2, -0.15) is 0 Å². The van der Waals surface area contributed by atoms with Crippen LogP contribution in [0.1, 0.15) is 64.8 Å². The molecule has 1 heterocycles. The van der Waals surface area contributed by atoms with Crippen LogP contribution in [0.3, 0.4) is 0 Å². The largest absolute Gasteiger partial charge is 0.490 e. The third-order valence-electron chi connectivity index (χ3n) is 5.74. The molecule has 2 aliphatic rings. The van der Waals surface area contributed by atoms with E-state index in [0.29, 0.717) is 23.8 Å². The Balaban J connectivity index is 1.32. The maximum absolute atomic E-state index is 12.5. The number of hydrogen-bond donors (Lipinski definition) is 1. The Morgan fingerprint density at radius 3 is 2.38 bits per heavy atom. The van der Waals surface area contributed by atoms with Gasteiger partial charge in [0.25, 0.3) is 11.8 Å². The van der Waals surface area contributed by atoms with Crippen LogP contribution in [0.2, 0.25) is 0 Å². The number of nitrogens with one attached hydrogen (secondary N) is 1. The molecular weight excluding hydrogens is 364 g/mol. The molecule has 5 heteroatoms. The number of amides is 2. The molecule has 29 heavy (non-hydrogen) atoms. The van der Waals surface area contributed by atoms with Gasteiger partial charge in [-0.25, -0.2) is 0 Å². The number of carbonyl (C=O) groups is 2. The summed E-state index contributed by atoms with van der Waals surface area (Å²) in [4.78, 5) is 26.9. The second kappa shape index (κ2) is 9.12. The Morgan fingerprint density at radius 2 is 1.66 bits per heavy atom. The Morgan fingerprint density at radius 1 is 0.931 bits per heavy atom. The summed E-state index contributed by atoms with van der Waals surface area (Å²) in [5, 5.41) is 2.94. The molecular formula is C24H28N2O3. The normalized spacial score (nSPS) is 16.8. The van der Waals surface area contributed by atoms with E-state index in [1.54, 1.807) is 12.1 Å². The molecule has 0 atom stereocenters. The van der Waals surface area contributed by atoms with Gasteiger partial charge >= 0.3 is 0 Å². The standard InChI is InChI=1S/C24H28N2O3/c27-23(19-10-12-22(13-11-19)29-21-8-1-2-9-21)25-17-18-6-5-7-20(16-18)24(28)26-14-3-4-15-26/h5-7,10-13,16,21H,1-4,8-9,14-15,17H2,(H,25,27). The maximum Gasteiger partial charge on any atom is 0.253 e. The zero-order valence-electron chi connectivity index (χ0n) is 16.7. The number of ether oxygens (including phenoxy) is 1. The molecule has 0 aromatic heterocycles. The van der Waals surface area contributed by atoms with Gasteiger partial charge in [-0.05, 0) is 80.5 Å². The number of rotatable bonds is 6. The summed E-state index contributed by atoms with van der Waals surface area (Å²) < 4.78 is 5.95. The molecule has 2 aromatic rings. The van der Waals surface area contributed by atoms with E-state index in [-0.39, 0.29) is 11.8 Å². The number of nitrogens with zero attached hydrogens (tertiary/aromatic N) is 1. The van der Waals surface area contributed by atoms with Crippen molar-refractivity contribution < 1.29 is 14.3 Å². The molecule has 2 amide bonds. The summed E-state index contributed by atoms with van der Waals surface area (Å²) in [6.45, 7) is 2.06.